The Morgan fingerprint density at radius 1 is 0.900 bits per heavy atom. The first-order valence-corrected chi connectivity index (χ1v) is 11.0. The summed E-state index contributed by atoms with van der Waals surface area (Å²) >= 11 is 17.7. The maximum Gasteiger partial charge on any atom is 0.264 e. The quantitative estimate of drug-likeness (QED) is 0.491. The molecule has 3 aromatic carbocycles. The molecule has 0 aromatic heterocycles. The second-order valence-corrected chi connectivity index (χ2v) is 9.18. The largest absolute Gasteiger partial charge is 0.324 e. The van der Waals surface area contributed by atoms with Crippen molar-refractivity contribution < 1.29 is 17.6 Å². The molecule has 0 radical (unpaired) electrons. The van der Waals surface area contributed by atoms with E-state index in [1.165, 1.54) is 42.5 Å². The lowest BCUT2D eigenvalue weighted by Crippen LogP contribution is -2.38. The number of carbonyl (C=O) groups excluding carboxylic acids is 1. The zero-order valence-corrected chi connectivity index (χ0v) is 18.2. The molecular weight excluding hydrogens is 474 g/mol. The van der Waals surface area contributed by atoms with Gasteiger partial charge in [-0.25, -0.2) is 12.8 Å². The zero-order chi connectivity index (χ0) is 21.9. The van der Waals surface area contributed by atoms with Crippen LogP contribution in [-0.4, -0.2) is 20.9 Å². The first-order chi connectivity index (χ1) is 14.2. The minimum atomic E-state index is -4.10. The van der Waals surface area contributed by atoms with Crippen molar-refractivity contribution >= 4 is 62.1 Å². The molecular formula is C20H14Cl3FN2O3S. The molecule has 0 aliphatic heterocycles. The molecule has 1 amide bonds. The van der Waals surface area contributed by atoms with Crippen LogP contribution in [-0.2, 0) is 14.8 Å². The number of sulfonamides is 1. The number of hydrogen-bond acceptors (Lipinski definition) is 3. The number of amides is 1. The number of rotatable bonds is 6. The molecule has 0 aliphatic rings. The van der Waals surface area contributed by atoms with E-state index in [0.29, 0.717) is 0 Å². The van der Waals surface area contributed by atoms with Crippen molar-refractivity contribution in [3.8, 4) is 0 Å². The molecule has 0 unspecified atom stereocenters. The number of nitrogens with one attached hydrogen (secondary N) is 1. The van der Waals surface area contributed by atoms with E-state index in [-0.39, 0.29) is 31.3 Å². The molecule has 3 rings (SSSR count). The number of anilines is 2. The van der Waals surface area contributed by atoms with Crippen molar-refractivity contribution in [3.05, 3.63) is 87.6 Å². The Morgan fingerprint density at radius 2 is 1.60 bits per heavy atom. The van der Waals surface area contributed by atoms with Gasteiger partial charge in [-0.2, -0.15) is 0 Å². The van der Waals surface area contributed by atoms with E-state index in [1.807, 2.05) is 0 Å². The molecule has 30 heavy (non-hydrogen) atoms. The second-order valence-electron chi connectivity index (χ2n) is 6.10. The van der Waals surface area contributed by atoms with Gasteiger partial charge in [-0.3, -0.25) is 9.10 Å². The Morgan fingerprint density at radius 3 is 2.23 bits per heavy atom. The zero-order valence-electron chi connectivity index (χ0n) is 15.2. The third-order valence-corrected chi connectivity index (χ3v) is 6.83. The molecule has 0 spiro atoms. The number of nitrogens with zero attached hydrogens (tertiary/aromatic N) is 1. The van der Waals surface area contributed by atoms with Crippen LogP contribution in [0.1, 0.15) is 0 Å². The van der Waals surface area contributed by atoms with Gasteiger partial charge in [0.1, 0.15) is 12.4 Å². The van der Waals surface area contributed by atoms with Crippen LogP contribution in [0.15, 0.2) is 71.6 Å². The Kier molecular flexibility index (Phi) is 6.88. The topological polar surface area (TPSA) is 66.5 Å². The maximum absolute atomic E-state index is 13.3. The van der Waals surface area contributed by atoms with Crippen molar-refractivity contribution in [1.29, 1.82) is 0 Å². The lowest BCUT2D eigenvalue weighted by Gasteiger charge is -2.24. The number of halogens is 4. The molecule has 5 nitrogen and oxygen atoms in total. The molecule has 0 heterocycles. The van der Waals surface area contributed by atoms with Gasteiger partial charge in [0.25, 0.3) is 10.0 Å². The molecule has 0 saturated carbocycles. The summed E-state index contributed by atoms with van der Waals surface area (Å²) in [5, 5.41) is 2.70. The van der Waals surface area contributed by atoms with E-state index in [1.54, 1.807) is 18.2 Å². The molecule has 156 valence electrons. The monoisotopic (exact) mass is 486 g/mol. The highest BCUT2D eigenvalue weighted by Gasteiger charge is 2.27. The van der Waals surface area contributed by atoms with Crippen molar-refractivity contribution in [2.45, 2.75) is 4.90 Å². The molecule has 1 N–H and O–H groups in total. The van der Waals surface area contributed by atoms with Crippen LogP contribution in [0.2, 0.25) is 15.1 Å². The third-order valence-electron chi connectivity index (χ3n) is 4.01. The summed E-state index contributed by atoms with van der Waals surface area (Å²) in [5.41, 5.74) is 0.373. The van der Waals surface area contributed by atoms with Crippen LogP contribution in [0.4, 0.5) is 15.8 Å². The highest BCUT2D eigenvalue weighted by atomic mass is 35.5. The van der Waals surface area contributed by atoms with Gasteiger partial charge in [-0.05, 0) is 48.5 Å². The average molecular weight is 488 g/mol. The Labute approximate surface area is 188 Å². The van der Waals surface area contributed by atoms with Crippen molar-refractivity contribution in [3.63, 3.8) is 0 Å². The summed E-state index contributed by atoms with van der Waals surface area (Å²) < 4.78 is 40.7. The van der Waals surface area contributed by atoms with Gasteiger partial charge in [0.2, 0.25) is 5.91 Å². The van der Waals surface area contributed by atoms with Gasteiger partial charge in [0.15, 0.2) is 0 Å². The van der Waals surface area contributed by atoms with Gasteiger partial charge in [0.05, 0.1) is 25.7 Å². The van der Waals surface area contributed by atoms with Gasteiger partial charge >= 0.3 is 0 Å². The van der Waals surface area contributed by atoms with Crippen LogP contribution >= 0.6 is 34.8 Å². The highest BCUT2D eigenvalue weighted by molar-refractivity contribution is 7.92. The normalized spacial score (nSPS) is 11.2. The third kappa shape index (κ3) is 5.05. The van der Waals surface area contributed by atoms with Gasteiger partial charge in [0, 0.05) is 5.69 Å². The van der Waals surface area contributed by atoms with Gasteiger partial charge < -0.3 is 5.32 Å². The minimum Gasteiger partial charge on any atom is -0.324 e. The smallest absolute Gasteiger partial charge is 0.264 e. The first-order valence-electron chi connectivity index (χ1n) is 8.46. The molecule has 0 bridgehead atoms. The maximum atomic E-state index is 13.3. The van der Waals surface area contributed by atoms with Gasteiger partial charge in [-0.1, -0.05) is 53.0 Å². The fraction of sp³-hybridized carbons (Fsp3) is 0.0500. The van der Waals surface area contributed by atoms with E-state index < -0.39 is 28.3 Å². The van der Waals surface area contributed by atoms with Crippen LogP contribution in [0.5, 0.6) is 0 Å². The lowest BCUT2D eigenvalue weighted by molar-refractivity contribution is -0.114. The Balaban J connectivity index is 1.95. The van der Waals surface area contributed by atoms with Crippen molar-refractivity contribution in [1.82, 2.24) is 0 Å². The van der Waals surface area contributed by atoms with Crippen LogP contribution < -0.4 is 9.62 Å². The van der Waals surface area contributed by atoms with E-state index in [0.717, 1.165) is 10.4 Å². The minimum absolute atomic E-state index is 0.00583. The molecule has 3 aromatic rings. The van der Waals surface area contributed by atoms with E-state index >= 15 is 0 Å². The molecule has 10 heteroatoms. The van der Waals surface area contributed by atoms with Gasteiger partial charge in [-0.15, -0.1) is 0 Å². The Hall–Kier alpha value is -2.32. The fourth-order valence-electron chi connectivity index (χ4n) is 2.58. The van der Waals surface area contributed by atoms with E-state index in [9.17, 15) is 17.6 Å². The standard InChI is InChI=1S/C20H14Cl3FN2O3S/c21-16-8-7-14(11-17(16)22)26(30(28,29)15-4-2-1-3-5-15)12-20(27)25-13-6-9-19(24)18(23)10-13/h1-11H,12H2,(H,25,27). The molecule has 0 saturated heterocycles. The Bertz CT molecular complexity index is 1190. The number of benzene rings is 3. The number of hydrogen-bond donors (Lipinski definition) is 1. The summed E-state index contributed by atoms with van der Waals surface area (Å²) in [4.78, 5) is 12.6. The summed E-state index contributed by atoms with van der Waals surface area (Å²) in [6, 6.07) is 15.5. The van der Waals surface area contributed by atoms with E-state index in [2.05, 4.69) is 5.32 Å². The lowest BCUT2D eigenvalue weighted by atomic mass is 10.3. The molecule has 0 aliphatic carbocycles. The molecule has 0 atom stereocenters. The predicted octanol–water partition coefficient (Wildman–Crippen LogP) is 5.62. The van der Waals surface area contributed by atoms with Crippen LogP contribution in [0, 0.1) is 5.82 Å². The summed E-state index contributed by atoms with van der Waals surface area (Å²) in [6.45, 7) is -0.565. The molecule has 0 fully saturated rings. The van der Waals surface area contributed by atoms with Crippen molar-refractivity contribution in [2.75, 3.05) is 16.2 Å². The van der Waals surface area contributed by atoms with Crippen LogP contribution in [0.25, 0.3) is 0 Å². The van der Waals surface area contributed by atoms with E-state index in [4.69, 9.17) is 34.8 Å². The number of carbonyl (C=O) groups is 1. The first kappa shape index (κ1) is 22.4. The predicted molar refractivity (Wildman–Crippen MR) is 117 cm³/mol. The summed E-state index contributed by atoms with van der Waals surface area (Å²) in [6.07, 6.45) is 0. The average Bonchev–Trinajstić information content (AvgIpc) is 2.72. The highest BCUT2D eigenvalue weighted by Crippen LogP contribution is 2.30. The van der Waals surface area contributed by atoms with Crippen molar-refractivity contribution in [2.24, 2.45) is 0 Å². The summed E-state index contributed by atoms with van der Waals surface area (Å²) in [7, 11) is -4.10. The second kappa shape index (κ2) is 9.22. The SMILES string of the molecule is O=C(CN(c1ccc(Cl)c(Cl)c1)S(=O)(=O)c1ccccc1)Nc1ccc(F)c(Cl)c1. The van der Waals surface area contributed by atoms with Crippen LogP contribution in [0.3, 0.4) is 0 Å². The fourth-order valence-corrected chi connectivity index (χ4v) is 4.49. The summed E-state index contributed by atoms with van der Waals surface area (Å²) in [5.74, 6) is -1.30.